The number of thioether (sulfide) groups is 1. The van der Waals surface area contributed by atoms with Crippen LogP contribution in [0.1, 0.15) is 33.1 Å². The summed E-state index contributed by atoms with van der Waals surface area (Å²) in [5.41, 5.74) is 5.72. The van der Waals surface area contributed by atoms with E-state index in [2.05, 4.69) is 5.32 Å². The molecular weight excluding hydrogens is 236 g/mol. The third-order valence-electron chi connectivity index (χ3n) is 3.05. The molecule has 0 aliphatic carbocycles. The van der Waals surface area contributed by atoms with Gasteiger partial charge in [-0.15, -0.1) is 0 Å². The number of rotatable bonds is 9. The first-order chi connectivity index (χ1) is 8.06. The van der Waals surface area contributed by atoms with E-state index in [1.165, 1.54) is 0 Å². The fraction of sp³-hybridized carbons (Fsp3) is 0.917. The van der Waals surface area contributed by atoms with Crippen LogP contribution in [-0.2, 0) is 4.79 Å². The lowest BCUT2D eigenvalue weighted by molar-refractivity contribution is -0.123. The van der Waals surface area contributed by atoms with Gasteiger partial charge in [0.25, 0.3) is 0 Å². The number of carbonyl (C=O) groups excluding carboxylic acids is 1. The van der Waals surface area contributed by atoms with Crippen molar-refractivity contribution in [3.05, 3.63) is 0 Å². The summed E-state index contributed by atoms with van der Waals surface area (Å²) < 4.78 is 0. The SMILES string of the molecule is CCC(CC)C(O)CNC(=O)[C@H](N)CCSC. The Morgan fingerprint density at radius 2 is 2.00 bits per heavy atom. The van der Waals surface area contributed by atoms with E-state index in [1.807, 2.05) is 20.1 Å². The van der Waals surface area contributed by atoms with Gasteiger partial charge in [0.2, 0.25) is 5.91 Å². The number of nitrogens with two attached hydrogens (primary N) is 1. The van der Waals surface area contributed by atoms with E-state index in [4.69, 9.17) is 5.73 Å². The maximum Gasteiger partial charge on any atom is 0.237 e. The summed E-state index contributed by atoms with van der Waals surface area (Å²) in [6.07, 6.45) is 4.04. The monoisotopic (exact) mass is 262 g/mol. The first-order valence-corrected chi connectivity index (χ1v) is 7.66. The van der Waals surface area contributed by atoms with Crippen LogP contribution in [0.4, 0.5) is 0 Å². The standard InChI is InChI=1S/C12H26N2O2S/c1-4-9(5-2)11(15)8-14-12(16)10(13)6-7-17-3/h9-11,15H,4-8,13H2,1-3H3,(H,14,16)/t10-,11?/m1/s1. The molecule has 0 aromatic rings. The number of nitrogens with one attached hydrogen (secondary N) is 1. The summed E-state index contributed by atoms with van der Waals surface area (Å²) in [6, 6.07) is -0.462. The van der Waals surface area contributed by atoms with Crippen molar-refractivity contribution in [2.24, 2.45) is 11.7 Å². The smallest absolute Gasteiger partial charge is 0.237 e. The summed E-state index contributed by atoms with van der Waals surface area (Å²) in [7, 11) is 0. The van der Waals surface area contributed by atoms with Crippen molar-refractivity contribution in [3.63, 3.8) is 0 Å². The molecule has 0 fully saturated rings. The molecule has 1 unspecified atom stereocenters. The second kappa shape index (κ2) is 9.74. The summed E-state index contributed by atoms with van der Waals surface area (Å²) in [4.78, 5) is 11.6. The van der Waals surface area contributed by atoms with Gasteiger partial charge in [0, 0.05) is 6.54 Å². The molecule has 0 aliphatic rings. The Kier molecular flexibility index (Phi) is 9.59. The molecule has 2 atom stereocenters. The molecule has 0 aromatic heterocycles. The summed E-state index contributed by atoms with van der Waals surface area (Å²) in [5.74, 6) is 0.964. The molecular formula is C12H26N2O2S. The Labute approximate surface area is 109 Å². The second-order valence-corrected chi connectivity index (χ2v) is 5.26. The number of hydrogen-bond acceptors (Lipinski definition) is 4. The highest BCUT2D eigenvalue weighted by molar-refractivity contribution is 7.98. The van der Waals surface area contributed by atoms with E-state index < -0.39 is 12.1 Å². The lowest BCUT2D eigenvalue weighted by atomic mass is 9.96. The van der Waals surface area contributed by atoms with E-state index in [0.29, 0.717) is 13.0 Å². The van der Waals surface area contributed by atoms with Crippen LogP contribution in [0.3, 0.4) is 0 Å². The normalized spacial score (nSPS) is 14.7. The van der Waals surface area contributed by atoms with Crippen molar-refractivity contribution < 1.29 is 9.90 Å². The highest BCUT2D eigenvalue weighted by Crippen LogP contribution is 2.12. The molecule has 5 heteroatoms. The maximum atomic E-state index is 11.6. The Balaban J connectivity index is 3.89. The largest absolute Gasteiger partial charge is 0.391 e. The molecule has 0 heterocycles. The molecule has 0 aliphatic heterocycles. The van der Waals surface area contributed by atoms with Crippen LogP contribution in [0.15, 0.2) is 0 Å². The first kappa shape index (κ1) is 16.7. The fourth-order valence-electron chi connectivity index (χ4n) is 1.71. The van der Waals surface area contributed by atoms with Crippen molar-refractivity contribution in [3.8, 4) is 0 Å². The molecule has 0 saturated heterocycles. The lowest BCUT2D eigenvalue weighted by Crippen LogP contribution is -2.45. The second-order valence-electron chi connectivity index (χ2n) is 4.28. The average molecular weight is 262 g/mol. The minimum absolute atomic E-state index is 0.163. The van der Waals surface area contributed by atoms with Gasteiger partial charge >= 0.3 is 0 Å². The average Bonchev–Trinajstić information content (AvgIpc) is 2.34. The summed E-state index contributed by atoms with van der Waals surface area (Å²) >= 11 is 1.67. The van der Waals surface area contributed by atoms with Gasteiger partial charge in [0.15, 0.2) is 0 Å². The van der Waals surface area contributed by atoms with E-state index >= 15 is 0 Å². The molecule has 4 N–H and O–H groups in total. The Morgan fingerprint density at radius 1 is 1.41 bits per heavy atom. The molecule has 0 saturated carbocycles. The Morgan fingerprint density at radius 3 is 2.47 bits per heavy atom. The van der Waals surface area contributed by atoms with Crippen LogP contribution in [0.5, 0.6) is 0 Å². The van der Waals surface area contributed by atoms with Gasteiger partial charge < -0.3 is 16.2 Å². The van der Waals surface area contributed by atoms with E-state index in [1.54, 1.807) is 11.8 Å². The summed E-state index contributed by atoms with van der Waals surface area (Å²) in [6.45, 7) is 4.39. The predicted octanol–water partition coefficient (Wildman–Crippen LogP) is 0.980. The lowest BCUT2D eigenvalue weighted by Gasteiger charge is -2.21. The predicted molar refractivity (Wildman–Crippen MR) is 74.1 cm³/mol. The van der Waals surface area contributed by atoms with Crippen LogP contribution in [-0.4, -0.2) is 41.7 Å². The van der Waals surface area contributed by atoms with Crippen LogP contribution >= 0.6 is 11.8 Å². The van der Waals surface area contributed by atoms with Gasteiger partial charge in [-0.3, -0.25) is 4.79 Å². The van der Waals surface area contributed by atoms with Crippen molar-refractivity contribution in [1.82, 2.24) is 5.32 Å². The van der Waals surface area contributed by atoms with Gasteiger partial charge in [0.05, 0.1) is 12.1 Å². The number of aliphatic hydroxyl groups excluding tert-OH is 1. The van der Waals surface area contributed by atoms with Gasteiger partial charge in [-0.1, -0.05) is 26.7 Å². The maximum absolute atomic E-state index is 11.6. The van der Waals surface area contributed by atoms with Gasteiger partial charge in [-0.2, -0.15) is 11.8 Å². The van der Waals surface area contributed by atoms with E-state index in [0.717, 1.165) is 18.6 Å². The Hall–Kier alpha value is -0.260. The molecule has 0 aromatic carbocycles. The number of carbonyl (C=O) groups is 1. The highest BCUT2D eigenvalue weighted by Gasteiger charge is 2.18. The molecule has 0 rings (SSSR count). The van der Waals surface area contributed by atoms with Crippen molar-refractivity contribution in [2.75, 3.05) is 18.6 Å². The quantitative estimate of drug-likeness (QED) is 0.579. The van der Waals surface area contributed by atoms with Crippen LogP contribution in [0, 0.1) is 5.92 Å². The van der Waals surface area contributed by atoms with Crippen molar-refractivity contribution in [1.29, 1.82) is 0 Å². The number of hydrogen-bond donors (Lipinski definition) is 3. The molecule has 0 radical (unpaired) electrons. The zero-order valence-electron chi connectivity index (χ0n) is 11.1. The van der Waals surface area contributed by atoms with Gasteiger partial charge in [-0.05, 0) is 24.3 Å². The van der Waals surface area contributed by atoms with Gasteiger partial charge in [-0.25, -0.2) is 0 Å². The molecule has 17 heavy (non-hydrogen) atoms. The van der Waals surface area contributed by atoms with Gasteiger partial charge in [0.1, 0.15) is 0 Å². The van der Waals surface area contributed by atoms with Crippen LogP contribution in [0.25, 0.3) is 0 Å². The zero-order valence-corrected chi connectivity index (χ0v) is 11.9. The third kappa shape index (κ3) is 6.91. The molecule has 0 bridgehead atoms. The Bertz CT molecular complexity index is 211. The molecule has 0 spiro atoms. The van der Waals surface area contributed by atoms with E-state index in [-0.39, 0.29) is 11.8 Å². The molecule has 102 valence electrons. The van der Waals surface area contributed by atoms with Crippen molar-refractivity contribution in [2.45, 2.75) is 45.3 Å². The molecule has 1 amide bonds. The summed E-state index contributed by atoms with van der Waals surface area (Å²) in [5, 5.41) is 12.6. The fourth-order valence-corrected chi connectivity index (χ4v) is 2.20. The topological polar surface area (TPSA) is 75.3 Å². The van der Waals surface area contributed by atoms with E-state index in [9.17, 15) is 9.90 Å². The van der Waals surface area contributed by atoms with Crippen LogP contribution in [0.2, 0.25) is 0 Å². The number of aliphatic hydroxyl groups is 1. The highest BCUT2D eigenvalue weighted by atomic mass is 32.2. The first-order valence-electron chi connectivity index (χ1n) is 6.27. The minimum atomic E-state index is -0.471. The van der Waals surface area contributed by atoms with Crippen molar-refractivity contribution >= 4 is 17.7 Å². The zero-order chi connectivity index (χ0) is 13.3. The van der Waals surface area contributed by atoms with Crippen LogP contribution < -0.4 is 11.1 Å². The molecule has 4 nitrogen and oxygen atoms in total. The minimum Gasteiger partial charge on any atom is -0.391 e. The number of amides is 1. The third-order valence-corrected chi connectivity index (χ3v) is 3.69.